The molecule has 0 aromatic carbocycles. The van der Waals surface area contributed by atoms with Crippen molar-refractivity contribution in [3.63, 3.8) is 0 Å². The molecule has 0 spiro atoms. The molecule has 4 heteroatoms. The van der Waals surface area contributed by atoms with Crippen LogP contribution in [0.15, 0.2) is 0 Å². The van der Waals surface area contributed by atoms with E-state index in [1.807, 2.05) is 13.8 Å². The Morgan fingerprint density at radius 2 is 1.83 bits per heavy atom. The second-order valence-corrected chi connectivity index (χ2v) is 5.55. The fourth-order valence-electron chi connectivity index (χ4n) is 2.05. The molecular weight excluding hydrogens is 226 g/mol. The Morgan fingerprint density at radius 1 is 1.28 bits per heavy atom. The van der Waals surface area contributed by atoms with E-state index in [-0.39, 0.29) is 11.3 Å². The van der Waals surface area contributed by atoms with Crippen LogP contribution in [0, 0.1) is 10.8 Å². The van der Waals surface area contributed by atoms with Gasteiger partial charge in [-0.2, -0.15) is 0 Å². The molecule has 0 bridgehead atoms. The number of nitrogens with zero attached hydrogens (tertiary/aromatic N) is 1. The van der Waals surface area contributed by atoms with Gasteiger partial charge in [-0.05, 0) is 25.8 Å². The summed E-state index contributed by atoms with van der Waals surface area (Å²) < 4.78 is 5.18. The first-order valence-electron chi connectivity index (χ1n) is 6.96. The Labute approximate surface area is 112 Å². The smallest absolute Gasteiger partial charge is 0.0963 e. The second-order valence-electron chi connectivity index (χ2n) is 5.55. The molecule has 0 radical (unpaired) electrons. The molecule has 0 aliphatic rings. The highest BCUT2D eigenvalue weighted by Gasteiger charge is 2.24. The van der Waals surface area contributed by atoms with E-state index >= 15 is 0 Å². The minimum Gasteiger partial charge on any atom is -0.387 e. The average Bonchev–Trinajstić information content (AvgIpc) is 2.32. The molecule has 0 aromatic rings. The third-order valence-corrected chi connectivity index (χ3v) is 3.79. The highest BCUT2D eigenvalue weighted by molar-refractivity contribution is 5.82. The van der Waals surface area contributed by atoms with E-state index in [0.717, 1.165) is 39.0 Å². The SMILES string of the molecule is CCC(CC)N(CCOC)CCC(C)(C)C(=N)N. The lowest BCUT2D eigenvalue weighted by atomic mass is 9.87. The van der Waals surface area contributed by atoms with Crippen molar-refractivity contribution in [3.05, 3.63) is 0 Å². The van der Waals surface area contributed by atoms with Gasteiger partial charge in [0.2, 0.25) is 0 Å². The van der Waals surface area contributed by atoms with Crippen LogP contribution >= 0.6 is 0 Å². The average molecular weight is 257 g/mol. The first kappa shape index (κ1) is 17.4. The number of methoxy groups -OCH3 is 1. The van der Waals surface area contributed by atoms with Crippen LogP contribution in [0.4, 0.5) is 0 Å². The first-order chi connectivity index (χ1) is 8.38. The molecule has 0 aliphatic heterocycles. The zero-order valence-electron chi connectivity index (χ0n) is 12.8. The molecule has 4 nitrogen and oxygen atoms in total. The summed E-state index contributed by atoms with van der Waals surface area (Å²) in [4.78, 5) is 2.47. The summed E-state index contributed by atoms with van der Waals surface area (Å²) in [6.45, 7) is 11.2. The molecule has 0 atom stereocenters. The van der Waals surface area contributed by atoms with Crippen molar-refractivity contribution in [2.45, 2.75) is 53.0 Å². The van der Waals surface area contributed by atoms with Gasteiger partial charge >= 0.3 is 0 Å². The molecule has 0 saturated heterocycles. The minimum absolute atomic E-state index is 0.211. The zero-order chi connectivity index (χ0) is 14.2. The van der Waals surface area contributed by atoms with Crippen molar-refractivity contribution in [2.24, 2.45) is 11.1 Å². The van der Waals surface area contributed by atoms with Crippen molar-refractivity contribution in [1.29, 1.82) is 5.41 Å². The molecule has 0 heterocycles. The van der Waals surface area contributed by atoms with Crippen molar-refractivity contribution < 1.29 is 4.74 Å². The van der Waals surface area contributed by atoms with Crippen LogP contribution in [-0.4, -0.2) is 43.6 Å². The lowest BCUT2D eigenvalue weighted by Crippen LogP contribution is -2.41. The molecule has 0 aliphatic carbocycles. The summed E-state index contributed by atoms with van der Waals surface area (Å²) in [6, 6.07) is 0.600. The van der Waals surface area contributed by atoms with Crippen molar-refractivity contribution in [3.8, 4) is 0 Å². The van der Waals surface area contributed by atoms with Crippen LogP contribution in [0.2, 0.25) is 0 Å². The fraction of sp³-hybridized carbons (Fsp3) is 0.929. The van der Waals surface area contributed by atoms with Crippen LogP contribution < -0.4 is 5.73 Å². The topological polar surface area (TPSA) is 62.3 Å². The summed E-state index contributed by atoms with van der Waals surface area (Å²) in [7, 11) is 1.74. The van der Waals surface area contributed by atoms with Crippen molar-refractivity contribution >= 4 is 5.84 Å². The molecule has 0 unspecified atom stereocenters. The monoisotopic (exact) mass is 257 g/mol. The first-order valence-corrected chi connectivity index (χ1v) is 6.96. The van der Waals surface area contributed by atoms with Gasteiger partial charge in [-0.1, -0.05) is 27.7 Å². The Hall–Kier alpha value is -0.610. The van der Waals surface area contributed by atoms with Crippen LogP contribution in [0.25, 0.3) is 0 Å². The largest absolute Gasteiger partial charge is 0.387 e. The van der Waals surface area contributed by atoms with E-state index in [1.54, 1.807) is 7.11 Å². The molecule has 0 rings (SSSR count). The maximum absolute atomic E-state index is 7.61. The van der Waals surface area contributed by atoms with E-state index in [2.05, 4.69) is 18.7 Å². The van der Waals surface area contributed by atoms with Gasteiger partial charge in [0.15, 0.2) is 0 Å². The van der Waals surface area contributed by atoms with Crippen LogP contribution in [0.3, 0.4) is 0 Å². The van der Waals surface area contributed by atoms with Gasteiger partial charge in [-0.3, -0.25) is 10.3 Å². The highest BCUT2D eigenvalue weighted by Crippen LogP contribution is 2.21. The summed E-state index contributed by atoms with van der Waals surface area (Å²) in [5, 5.41) is 7.61. The van der Waals surface area contributed by atoms with Gasteiger partial charge in [0.1, 0.15) is 0 Å². The predicted octanol–water partition coefficient (Wildman–Crippen LogP) is 2.48. The number of hydrogen-bond acceptors (Lipinski definition) is 3. The van der Waals surface area contributed by atoms with Gasteiger partial charge < -0.3 is 10.5 Å². The van der Waals surface area contributed by atoms with E-state index in [0.29, 0.717) is 6.04 Å². The summed E-state index contributed by atoms with van der Waals surface area (Å²) in [6.07, 6.45) is 3.23. The zero-order valence-corrected chi connectivity index (χ0v) is 12.8. The number of hydrogen-bond donors (Lipinski definition) is 2. The number of ether oxygens (including phenoxy) is 1. The molecule has 0 saturated carbocycles. The highest BCUT2D eigenvalue weighted by atomic mass is 16.5. The van der Waals surface area contributed by atoms with Crippen LogP contribution in [0.1, 0.15) is 47.0 Å². The molecule has 3 N–H and O–H groups in total. The lowest BCUT2D eigenvalue weighted by molar-refractivity contribution is 0.108. The molecule has 18 heavy (non-hydrogen) atoms. The Morgan fingerprint density at radius 3 is 2.22 bits per heavy atom. The van der Waals surface area contributed by atoms with Gasteiger partial charge in [0, 0.05) is 25.1 Å². The molecular formula is C14H31N3O. The van der Waals surface area contributed by atoms with Gasteiger partial charge in [0.05, 0.1) is 12.4 Å². The lowest BCUT2D eigenvalue weighted by Gasteiger charge is -2.33. The number of nitrogens with one attached hydrogen (secondary N) is 1. The summed E-state index contributed by atoms with van der Waals surface area (Å²) >= 11 is 0. The van der Waals surface area contributed by atoms with Gasteiger partial charge in [-0.15, -0.1) is 0 Å². The third-order valence-electron chi connectivity index (χ3n) is 3.79. The van der Waals surface area contributed by atoms with Crippen LogP contribution in [-0.2, 0) is 4.74 Å². The predicted molar refractivity (Wildman–Crippen MR) is 78.1 cm³/mol. The Bertz CT molecular complexity index is 237. The molecule has 0 amide bonds. The second kappa shape index (κ2) is 8.48. The van der Waals surface area contributed by atoms with Crippen molar-refractivity contribution in [2.75, 3.05) is 26.8 Å². The molecule has 0 fully saturated rings. The Balaban J connectivity index is 4.44. The summed E-state index contributed by atoms with van der Waals surface area (Å²) in [5.74, 6) is 0.277. The van der Waals surface area contributed by atoms with E-state index in [1.165, 1.54) is 0 Å². The van der Waals surface area contributed by atoms with E-state index < -0.39 is 0 Å². The number of rotatable bonds is 10. The standard InChI is InChI=1S/C14H31N3O/c1-6-12(7-2)17(10-11-18-5)9-8-14(3,4)13(15)16/h12H,6-11H2,1-5H3,(H3,15,16). The maximum atomic E-state index is 7.61. The number of amidine groups is 1. The quantitative estimate of drug-likeness (QED) is 0.467. The van der Waals surface area contributed by atoms with Gasteiger partial charge in [0.25, 0.3) is 0 Å². The molecule has 0 aromatic heterocycles. The van der Waals surface area contributed by atoms with Crippen molar-refractivity contribution in [1.82, 2.24) is 4.90 Å². The third kappa shape index (κ3) is 5.83. The summed E-state index contributed by atoms with van der Waals surface area (Å²) in [5.41, 5.74) is 5.43. The van der Waals surface area contributed by atoms with Gasteiger partial charge in [-0.25, -0.2) is 0 Å². The van der Waals surface area contributed by atoms with E-state index in [9.17, 15) is 0 Å². The minimum atomic E-state index is -0.211. The normalized spacial score (nSPS) is 12.4. The fourth-order valence-corrected chi connectivity index (χ4v) is 2.05. The number of nitrogens with two attached hydrogens (primary N) is 1. The van der Waals surface area contributed by atoms with Crippen LogP contribution in [0.5, 0.6) is 0 Å². The molecule has 108 valence electrons. The maximum Gasteiger partial charge on any atom is 0.0963 e. The van der Waals surface area contributed by atoms with E-state index in [4.69, 9.17) is 15.9 Å². The Kier molecular flexibility index (Phi) is 8.20.